The van der Waals surface area contributed by atoms with E-state index in [1.807, 2.05) is 6.07 Å². The standard InChI is InChI=1S/C14H8Cl3NOS/c15-8-2-1-3-11(14(8)17)19-12-4-7-5-13(20)18-10(7)6-9(12)16/h1-4,6H,5H2,(H,18,20). The smallest absolute Gasteiger partial charge is 0.147 e. The first-order valence-electron chi connectivity index (χ1n) is 5.79. The van der Waals surface area contributed by atoms with E-state index in [0.29, 0.717) is 33.0 Å². The molecule has 0 radical (unpaired) electrons. The van der Waals surface area contributed by atoms with Crippen molar-refractivity contribution >= 4 is 57.7 Å². The van der Waals surface area contributed by atoms with Crippen molar-refractivity contribution in [2.45, 2.75) is 6.42 Å². The van der Waals surface area contributed by atoms with Gasteiger partial charge in [0.25, 0.3) is 0 Å². The molecule has 20 heavy (non-hydrogen) atoms. The zero-order chi connectivity index (χ0) is 14.3. The van der Waals surface area contributed by atoms with Gasteiger partial charge in [-0.25, -0.2) is 0 Å². The molecule has 1 aliphatic rings. The molecule has 6 heteroatoms. The molecule has 2 aromatic carbocycles. The Labute approximate surface area is 136 Å². The Balaban J connectivity index is 1.98. The summed E-state index contributed by atoms with van der Waals surface area (Å²) in [5.41, 5.74) is 1.97. The van der Waals surface area contributed by atoms with E-state index in [-0.39, 0.29) is 0 Å². The summed E-state index contributed by atoms with van der Waals surface area (Å²) in [5.74, 6) is 0.996. The van der Waals surface area contributed by atoms with Crippen LogP contribution in [0, 0.1) is 0 Å². The summed E-state index contributed by atoms with van der Waals surface area (Å²) >= 11 is 23.4. The van der Waals surface area contributed by atoms with Crippen LogP contribution in [0.15, 0.2) is 30.3 Å². The van der Waals surface area contributed by atoms with Crippen LogP contribution in [-0.2, 0) is 6.42 Å². The molecule has 0 bridgehead atoms. The van der Waals surface area contributed by atoms with Crippen molar-refractivity contribution in [2.24, 2.45) is 0 Å². The summed E-state index contributed by atoms with van der Waals surface area (Å²) in [6, 6.07) is 8.86. The third-order valence-corrected chi connectivity index (χ3v) is 4.26. The maximum atomic E-state index is 6.21. The fourth-order valence-electron chi connectivity index (χ4n) is 1.98. The second-order valence-corrected chi connectivity index (χ2v) is 6.00. The maximum absolute atomic E-state index is 6.21. The number of ether oxygens (including phenoxy) is 1. The first kappa shape index (κ1) is 14.0. The number of hydrogen-bond acceptors (Lipinski definition) is 2. The van der Waals surface area contributed by atoms with E-state index in [9.17, 15) is 0 Å². The molecular formula is C14H8Cl3NOS. The van der Waals surface area contributed by atoms with E-state index in [1.165, 1.54) is 0 Å². The number of hydrogen-bond donors (Lipinski definition) is 1. The molecule has 2 nitrogen and oxygen atoms in total. The summed E-state index contributed by atoms with van der Waals surface area (Å²) in [6.07, 6.45) is 0.682. The Kier molecular flexibility index (Phi) is 3.78. The molecule has 1 aliphatic heterocycles. The highest BCUT2D eigenvalue weighted by Crippen LogP contribution is 2.40. The van der Waals surface area contributed by atoms with E-state index in [0.717, 1.165) is 16.2 Å². The highest BCUT2D eigenvalue weighted by Gasteiger charge is 2.18. The van der Waals surface area contributed by atoms with Crippen molar-refractivity contribution in [1.29, 1.82) is 0 Å². The molecule has 0 spiro atoms. The maximum Gasteiger partial charge on any atom is 0.147 e. The number of anilines is 1. The third-order valence-electron chi connectivity index (χ3n) is 2.92. The Hall–Kier alpha value is -1.00. The second kappa shape index (κ2) is 5.41. The Bertz CT molecular complexity index is 718. The van der Waals surface area contributed by atoms with E-state index in [1.54, 1.807) is 24.3 Å². The van der Waals surface area contributed by atoms with Gasteiger partial charge in [0.1, 0.15) is 16.5 Å². The summed E-state index contributed by atoms with van der Waals surface area (Å²) in [7, 11) is 0. The molecule has 0 atom stereocenters. The van der Waals surface area contributed by atoms with Crippen LogP contribution in [0.1, 0.15) is 5.56 Å². The van der Waals surface area contributed by atoms with E-state index in [4.69, 9.17) is 51.8 Å². The molecule has 102 valence electrons. The molecule has 0 aromatic heterocycles. The molecule has 2 aromatic rings. The summed E-state index contributed by atoms with van der Waals surface area (Å²) in [6.45, 7) is 0. The predicted octanol–water partition coefficient (Wildman–Crippen LogP) is 5.73. The molecule has 1 N–H and O–H groups in total. The van der Waals surface area contributed by atoms with Gasteiger partial charge in [0.2, 0.25) is 0 Å². The average Bonchev–Trinajstić information content (AvgIpc) is 2.74. The predicted molar refractivity (Wildman–Crippen MR) is 87.9 cm³/mol. The first-order chi connectivity index (χ1) is 9.54. The van der Waals surface area contributed by atoms with Crippen molar-refractivity contribution in [1.82, 2.24) is 0 Å². The quantitative estimate of drug-likeness (QED) is 0.702. The lowest BCUT2D eigenvalue weighted by atomic mass is 10.1. The van der Waals surface area contributed by atoms with Crippen LogP contribution >= 0.6 is 47.0 Å². The molecule has 0 unspecified atom stereocenters. The van der Waals surface area contributed by atoms with Gasteiger partial charge in [0, 0.05) is 12.1 Å². The zero-order valence-electron chi connectivity index (χ0n) is 10.0. The molecule has 3 rings (SSSR count). The van der Waals surface area contributed by atoms with Gasteiger partial charge >= 0.3 is 0 Å². The van der Waals surface area contributed by atoms with Gasteiger partial charge in [-0.2, -0.15) is 0 Å². The fourth-order valence-corrected chi connectivity index (χ4v) is 2.78. The number of fused-ring (bicyclic) bond motifs is 1. The average molecular weight is 345 g/mol. The highest BCUT2D eigenvalue weighted by atomic mass is 35.5. The van der Waals surface area contributed by atoms with Crippen molar-refractivity contribution in [3.63, 3.8) is 0 Å². The van der Waals surface area contributed by atoms with Crippen LogP contribution in [0.5, 0.6) is 11.5 Å². The van der Waals surface area contributed by atoms with Gasteiger partial charge in [0.05, 0.1) is 15.0 Å². The lowest BCUT2D eigenvalue weighted by molar-refractivity contribution is 0.483. The van der Waals surface area contributed by atoms with Gasteiger partial charge in [-0.1, -0.05) is 53.1 Å². The molecule has 0 amide bonds. The monoisotopic (exact) mass is 343 g/mol. The van der Waals surface area contributed by atoms with Crippen LogP contribution in [0.3, 0.4) is 0 Å². The second-order valence-electron chi connectivity index (χ2n) is 4.32. The molecule has 0 aliphatic carbocycles. The molecule has 0 fully saturated rings. The van der Waals surface area contributed by atoms with E-state index < -0.39 is 0 Å². The van der Waals surface area contributed by atoms with Crippen molar-refractivity contribution in [3.8, 4) is 11.5 Å². The minimum atomic E-state index is 0.361. The summed E-state index contributed by atoms with van der Waals surface area (Å²) in [4.78, 5) is 0.772. The van der Waals surface area contributed by atoms with Crippen LogP contribution in [0.2, 0.25) is 15.1 Å². The molecule has 0 saturated heterocycles. The highest BCUT2D eigenvalue weighted by molar-refractivity contribution is 7.80. The molecule has 1 heterocycles. The number of halogens is 3. The van der Waals surface area contributed by atoms with E-state index in [2.05, 4.69) is 5.32 Å². The SMILES string of the molecule is S=C1Cc2cc(Oc3cccc(Cl)c3Cl)c(Cl)cc2N1. The third kappa shape index (κ3) is 2.59. The Morgan fingerprint density at radius 1 is 1.05 bits per heavy atom. The lowest BCUT2D eigenvalue weighted by Crippen LogP contribution is -2.00. The van der Waals surface area contributed by atoms with Crippen molar-refractivity contribution < 1.29 is 4.74 Å². The van der Waals surface area contributed by atoms with E-state index >= 15 is 0 Å². The Morgan fingerprint density at radius 3 is 2.65 bits per heavy atom. The summed E-state index contributed by atoms with van der Waals surface area (Å²) in [5, 5.41) is 4.37. The molecular weight excluding hydrogens is 337 g/mol. The van der Waals surface area contributed by atoms with Crippen LogP contribution in [0.25, 0.3) is 0 Å². The van der Waals surface area contributed by atoms with Gasteiger partial charge in [0.15, 0.2) is 0 Å². The van der Waals surface area contributed by atoms with Crippen LogP contribution in [-0.4, -0.2) is 4.99 Å². The molecule has 0 saturated carbocycles. The van der Waals surface area contributed by atoms with Gasteiger partial charge in [-0.05, 0) is 29.8 Å². The van der Waals surface area contributed by atoms with Crippen LogP contribution < -0.4 is 10.1 Å². The van der Waals surface area contributed by atoms with Crippen molar-refractivity contribution in [2.75, 3.05) is 5.32 Å². The van der Waals surface area contributed by atoms with Gasteiger partial charge in [-0.3, -0.25) is 0 Å². The number of benzene rings is 2. The van der Waals surface area contributed by atoms with Crippen molar-refractivity contribution in [3.05, 3.63) is 51.0 Å². The zero-order valence-corrected chi connectivity index (χ0v) is 13.1. The lowest BCUT2D eigenvalue weighted by Gasteiger charge is -2.11. The topological polar surface area (TPSA) is 21.3 Å². The first-order valence-corrected chi connectivity index (χ1v) is 7.33. The fraction of sp³-hybridized carbons (Fsp3) is 0.0714. The normalized spacial score (nSPS) is 13.1. The largest absolute Gasteiger partial charge is 0.454 e. The Morgan fingerprint density at radius 2 is 1.85 bits per heavy atom. The number of thiocarbonyl (C=S) groups is 1. The van der Waals surface area contributed by atoms with Crippen LogP contribution in [0.4, 0.5) is 5.69 Å². The number of nitrogens with one attached hydrogen (secondary N) is 1. The minimum Gasteiger partial charge on any atom is -0.454 e. The number of rotatable bonds is 2. The minimum absolute atomic E-state index is 0.361. The van der Waals surface area contributed by atoms with Gasteiger partial charge in [-0.15, -0.1) is 0 Å². The van der Waals surface area contributed by atoms with Gasteiger partial charge < -0.3 is 10.1 Å². The summed E-state index contributed by atoms with van der Waals surface area (Å²) < 4.78 is 5.76.